The summed E-state index contributed by atoms with van der Waals surface area (Å²) in [5.74, 6) is -5.62. The van der Waals surface area contributed by atoms with Gasteiger partial charge in [0, 0.05) is 42.9 Å². The molecule has 1 aliphatic heterocycles. The average molecular weight is 425 g/mol. The normalized spacial score (nSPS) is 16.1. The first-order valence-corrected chi connectivity index (χ1v) is 9.44. The first-order chi connectivity index (χ1) is 14.6. The molecule has 1 heterocycles. The number of amides is 2. The number of rotatable bonds is 2. The van der Waals surface area contributed by atoms with E-state index in [1.54, 1.807) is 4.90 Å². The van der Waals surface area contributed by atoms with E-state index in [4.69, 9.17) is 5.73 Å². The van der Waals surface area contributed by atoms with Crippen molar-refractivity contribution < 1.29 is 34.5 Å². The van der Waals surface area contributed by atoms with Gasteiger partial charge in [0.05, 0.1) is 11.1 Å². The lowest BCUT2D eigenvalue weighted by molar-refractivity contribution is 0.0663. The van der Waals surface area contributed by atoms with E-state index in [0.29, 0.717) is 26.2 Å². The summed E-state index contributed by atoms with van der Waals surface area (Å²) in [5.41, 5.74) is 2.93. The molecule has 5 N–H and O–H groups in total. The number of phenols is 3. The lowest BCUT2D eigenvalue weighted by Crippen LogP contribution is -2.47. The second-order valence-electron chi connectivity index (χ2n) is 7.58. The van der Waals surface area contributed by atoms with Crippen molar-refractivity contribution in [2.75, 3.05) is 33.2 Å². The van der Waals surface area contributed by atoms with Crippen molar-refractivity contribution in [3.63, 3.8) is 0 Å². The molecule has 10 nitrogen and oxygen atoms in total. The fraction of sp³-hybridized carbons (Fsp3) is 0.238. The van der Waals surface area contributed by atoms with Crippen molar-refractivity contribution in [3.8, 4) is 17.2 Å². The summed E-state index contributed by atoms with van der Waals surface area (Å²) in [4.78, 5) is 54.1. The van der Waals surface area contributed by atoms with Crippen LogP contribution >= 0.6 is 0 Å². The number of ketones is 2. The fourth-order valence-corrected chi connectivity index (χ4v) is 3.94. The zero-order chi connectivity index (χ0) is 22.6. The predicted octanol–water partition coefficient (Wildman–Crippen LogP) is 0.0653. The minimum absolute atomic E-state index is 0.0348. The van der Waals surface area contributed by atoms with Crippen molar-refractivity contribution in [3.05, 3.63) is 51.6 Å². The van der Waals surface area contributed by atoms with Crippen molar-refractivity contribution in [1.29, 1.82) is 0 Å². The van der Waals surface area contributed by atoms with E-state index >= 15 is 0 Å². The van der Waals surface area contributed by atoms with Gasteiger partial charge in [-0.1, -0.05) is 0 Å². The zero-order valence-corrected chi connectivity index (χ0v) is 16.5. The van der Waals surface area contributed by atoms with Crippen LogP contribution in [0.3, 0.4) is 0 Å². The van der Waals surface area contributed by atoms with Crippen LogP contribution in [-0.2, 0) is 0 Å². The molecule has 1 aliphatic carbocycles. The largest absolute Gasteiger partial charge is 0.507 e. The number of aromatic hydroxyl groups is 3. The summed E-state index contributed by atoms with van der Waals surface area (Å²) in [5, 5.41) is 30.9. The maximum atomic E-state index is 13.1. The summed E-state index contributed by atoms with van der Waals surface area (Å²) in [6, 6.07) is 3.18. The van der Waals surface area contributed by atoms with E-state index in [-0.39, 0.29) is 16.7 Å². The summed E-state index contributed by atoms with van der Waals surface area (Å²) < 4.78 is 0. The Kier molecular flexibility index (Phi) is 4.66. The average Bonchev–Trinajstić information content (AvgIpc) is 2.70. The Bertz CT molecular complexity index is 1180. The standard InChI is InChI=1S/C21H19N3O7/c1-23-2-4-24(5-3-23)21(31)9-6-10-14(12(25)7-9)18(28)15-11(17(10)27)8-13(26)16(19(15)29)20(22)30/h6-8,25-26,29H,2-5H2,1H3,(H2,22,30). The van der Waals surface area contributed by atoms with E-state index < -0.39 is 57.3 Å². The van der Waals surface area contributed by atoms with Gasteiger partial charge >= 0.3 is 0 Å². The number of phenolic OH excluding ortho intramolecular Hbond substituents is 1. The van der Waals surface area contributed by atoms with Crippen LogP contribution in [0.15, 0.2) is 18.2 Å². The highest BCUT2D eigenvalue weighted by Crippen LogP contribution is 2.41. The van der Waals surface area contributed by atoms with E-state index in [9.17, 15) is 34.5 Å². The van der Waals surface area contributed by atoms with Crippen LogP contribution < -0.4 is 5.73 Å². The summed E-state index contributed by atoms with van der Waals surface area (Å²) in [7, 11) is 1.93. The lowest BCUT2D eigenvalue weighted by atomic mass is 9.81. The highest BCUT2D eigenvalue weighted by molar-refractivity contribution is 6.31. The second kappa shape index (κ2) is 7.10. The molecule has 2 amide bonds. The zero-order valence-electron chi connectivity index (χ0n) is 16.5. The molecule has 4 rings (SSSR count). The quantitative estimate of drug-likeness (QED) is 0.448. The van der Waals surface area contributed by atoms with Gasteiger partial charge < -0.3 is 30.9 Å². The van der Waals surface area contributed by atoms with Gasteiger partial charge in [-0.2, -0.15) is 0 Å². The Morgan fingerprint density at radius 2 is 1.48 bits per heavy atom. The Hall–Kier alpha value is -3.92. The lowest BCUT2D eigenvalue weighted by Gasteiger charge is -2.32. The number of carbonyl (C=O) groups excluding carboxylic acids is 4. The Morgan fingerprint density at radius 1 is 0.871 bits per heavy atom. The maximum absolute atomic E-state index is 13.1. The van der Waals surface area contributed by atoms with E-state index in [1.807, 2.05) is 7.05 Å². The molecule has 1 fully saturated rings. The number of nitrogens with two attached hydrogens (primary N) is 1. The molecular formula is C21H19N3O7. The molecule has 0 spiro atoms. The van der Waals surface area contributed by atoms with Gasteiger partial charge in [-0.25, -0.2) is 0 Å². The van der Waals surface area contributed by atoms with Crippen LogP contribution in [0.25, 0.3) is 0 Å². The van der Waals surface area contributed by atoms with Crippen LogP contribution in [0.2, 0.25) is 0 Å². The number of primary amides is 1. The van der Waals surface area contributed by atoms with Crippen LogP contribution in [0, 0.1) is 0 Å². The Morgan fingerprint density at radius 3 is 2.10 bits per heavy atom. The van der Waals surface area contributed by atoms with Crippen molar-refractivity contribution in [1.82, 2.24) is 9.80 Å². The molecule has 0 atom stereocenters. The van der Waals surface area contributed by atoms with Gasteiger partial charge in [0.1, 0.15) is 22.8 Å². The van der Waals surface area contributed by atoms with Crippen LogP contribution in [0.1, 0.15) is 52.6 Å². The van der Waals surface area contributed by atoms with E-state index in [2.05, 4.69) is 4.90 Å². The number of hydrogen-bond donors (Lipinski definition) is 4. The fourth-order valence-electron chi connectivity index (χ4n) is 3.94. The smallest absolute Gasteiger partial charge is 0.256 e. The number of benzene rings is 2. The molecule has 160 valence electrons. The monoisotopic (exact) mass is 425 g/mol. The molecule has 0 aromatic heterocycles. The van der Waals surface area contributed by atoms with Gasteiger partial charge in [-0.3, -0.25) is 19.2 Å². The second-order valence-corrected chi connectivity index (χ2v) is 7.58. The molecule has 2 aliphatic rings. The molecule has 0 unspecified atom stereocenters. The van der Waals surface area contributed by atoms with Gasteiger partial charge in [0.2, 0.25) is 5.78 Å². The third-order valence-corrected chi connectivity index (χ3v) is 5.62. The number of fused-ring (bicyclic) bond motifs is 2. The third-order valence-electron chi connectivity index (χ3n) is 5.62. The molecule has 0 radical (unpaired) electrons. The first kappa shape index (κ1) is 20.4. The first-order valence-electron chi connectivity index (χ1n) is 9.44. The van der Waals surface area contributed by atoms with Crippen LogP contribution in [0.4, 0.5) is 0 Å². The third kappa shape index (κ3) is 3.08. The molecule has 1 saturated heterocycles. The molecule has 2 aromatic rings. The highest BCUT2D eigenvalue weighted by atomic mass is 16.3. The molecule has 31 heavy (non-hydrogen) atoms. The SMILES string of the molecule is CN1CCN(C(=O)c2cc(O)c3c(c2)C(=O)c2cc(O)c(C(N)=O)c(O)c2C3=O)CC1. The van der Waals surface area contributed by atoms with Crippen LogP contribution in [-0.4, -0.2) is 81.7 Å². The molecule has 2 aromatic carbocycles. The number of likely N-dealkylation sites (N-methyl/N-ethyl adjacent to an activating group) is 1. The minimum atomic E-state index is -1.19. The Balaban J connectivity index is 1.82. The number of carbonyl (C=O) groups is 4. The molecular weight excluding hydrogens is 406 g/mol. The van der Waals surface area contributed by atoms with Crippen molar-refractivity contribution in [2.24, 2.45) is 5.73 Å². The number of piperazine rings is 1. The van der Waals surface area contributed by atoms with E-state index in [0.717, 1.165) is 12.1 Å². The maximum Gasteiger partial charge on any atom is 0.256 e. The minimum Gasteiger partial charge on any atom is -0.507 e. The number of hydrogen-bond acceptors (Lipinski definition) is 8. The van der Waals surface area contributed by atoms with Gasteiger partial charge in [-0.05, 0) is 25.2 Å². The summed E-state index contributed by atoms with van der Waals surface area (Å²) >= 11 is 0. The molecule has 0 bridgehead atoms. The highest BCUT2D eigenvalue weighted by Gasteiger charge is 2.38. The Labute approximate surface area is 176 Å². The summed E-state index contributed by atoms with van der Waals surface area (Å²) in [6.07, 6.45) is 0. The topological polar surface area (TPSA) is 161 Å². The van der Waals surface area contributed by atoms with Crippen molar-refractivity contribution >= 4 is 23.4 Å². The van der Waals surface area contributed by atoms with Gasteiger partial charge in [0.15, 0.2) is 5.78 Å². The summed E-state index contributed by atoms with van der Waals surface area (Å²) in [6.45, 7) is 2.30. The predicted molar refractivity (Wildman–Crippen MR) is 107 cm³/mol. The van der Waals surface area contributed by atoms with Crippen LogP contribution in [0.5, 0.6) is 17.2 Å². The van der Waals surface area contributed by atoms with Gasteiger partial charge in [0.25, 0.3) is 11.8 Å². The van der Waals surface area contributed by atoms with Crippen molar-refractivity contribution in [2.45, 2.75) is 0 Å². The molecule has 10 heteroatoms. The van der Waals surface area contributed by atoms with E-state index in [1.165, 1.54) is 6.07 Å². The van der Waals surface area contributed by atoms with Gasteiger partial charge in [-0.15, -0.1) is 0 Å². The molecule has 0 saturated carbocycles. The number of nitrogens with zero attached hydrogens (tertiary/aromatic N) is 2.